The molecule has 2 rings (SSSR count). The Morgan fingerprint density at radius 1 is 1.47 bits per heavy atom. The summed E-state index contributed by atoms with van der Waals surface area (Å²) in [4.78, 5) is 0. The van der Waals surface area contributed by atoms with Gasteiger partial charge in [0.2, 0.25) is 0 Å². The molecule has 1 aromatic heterocycles. The van der Waals surface area contributed by atoms with E-state index in [1.165, 1.54) is 6.07 Å². The molecule has 1 atom stereocenters. The van der Waals surface area contributed by atoms with E-state index in [0.29, 0.717) is 11.3 Å². The van der Waals surface area contributed by atoms with E-state index < -0.39 is 0 Å². The maximum Gasteiger partial charge on any atom is 0.126 e. The monoisotopic (exact) mass is 223 g/mol. The first kappa shape index (κ1) is 10.2. The molecule has 0 saturated heterocycles. The van der Waals surface area contributed by atoms with E-state index in [1.54, 1.807) is 25.3 Å². The van der Waals surface area contributed by atoms with Gasteiger partial charge in [-0.15, -0.1) is 0 Å². The van der Waals surface area contributed by atoms with Crippen LogP contribution in [0.3, 0.4) is 0 Å². The second-order valence-electron chi connectivity index (χ2n) is 3.32. The van der Waals surface area contributed by atoms with Crippen molar-refractivity contribution in [2.45, 2.75) is 13.0 Å². The molecule has 0 fully saturated rings. The minimum absolute atomic E-state index is 0.220. The fraction of sp³-hybridized carbons (Fsp3) is 0.200. The molecule has 5 heteroatoms. The third-order valence-electron chi connectivity index (χ3n) is 2.24. The van der Waals surface area contributed by atoms with Crippen LogP contribution >= 0.6 is 11.7 Å². The molecule has 2 N–H and O–H groups in total. The Labute approximate surface area is 91.1 Å². The van der Waals surface area contributed by atoms with Gasteiger partial charge in [-0.3, -0.25) is 0 Å². The smallest absolute Gasteiger partial charge is 0.126 e. The van der Waals surface area contributed by atoms with Gasteiger partial charge in [0.15, 0.2) is 0 Å². The Hall–Kier alpha value is -1.33. The quantitative estimate of drug-likeness (QED) is 0.847. The van der Waals surface area contributed by atoms with E-state index in [-0.39, 0.29) is 11.9 Å². The van der Waals surface area contributed by atoms with Gasteiger partial charge in [0, 0.05) is 0 Å². The maximum atomic E-state index is 13.0. The Kier molecular flexibility index (Phi) is 2.75. The normalized spacial score (nSPS) is 12.7. The van der Waals surface area contributed by atoms with Crippen molar-refractivity contribution in [2.75, 3.05) is 0 Å². The molecule has 0 saturated carbocycles. The van der Waals surface area contributed by atoms with Crippen LogP contribution in [0.5, 0.6) is 0 Å². The third kappa shape index (κ3) is 2.03. The van der Waals surface area contributed by atoms with Crippen molar-refractivity contribution in [3.63, 3.8) is 0 Å². The number of aromatic nitrogens is 2. The molecule has 0 bridgehead atoms. The van der Waals surface area contributed by atoms with Crippen LogP contribution < -0.4 is 5.73 Å². The predicted octanol–water partition coefficient (Wildman–Crippen LogP) is 2.03. The fourth-order valence-electron chi connectivity index (χ4n) is 1.34. The van der Waals surface area contributed by atoms with Gasteiger partial charge in [0.1, 0.15) is 5.82 Å². The van der Waals surface area contributed by atoms with E-state index in [0.717, 1.165) is 17.3 Å². The molecule has 1 aromatic carbocycles. The van der Waals surface area contributed by atoms with Crippen LogP contribution in [0.1, 0.15) is 22.9 Å². The second kappa shape index (κ2) is 4.04. The molecule has 15 heavy (non-hydrogen) atoms. The Morgan fingerprint density at radius 3 is 2.87 bits per heavy atom. The molecule has 1 unspecified atom stereocenters. The maximum absolute atomic E-state index is 13.0. The van der Waals surface area contributed by atoms with Crippen molar-refractivity contribution in [3.05, 3.63) is 47.0 Å². The van der Waals surface area contributed by atoms with E-state index in [9.17, 15) is 4.39 Å². The number of halogens is 1. The van der Waals surface area contributed by atoms with Gasteiger partial charge in [-0.05, 0) is 24.1 Å². The van der Waals surface area contributed by atoms with Gasteiger partial charge in [-0.2, -0.15) is 8.75 Å². The lowest BCUT2D eigenvalue weighted by Crippen LogP contribution is -2.12. The largest absolute Gasteiger partial charge is 0.319 e. The summed E-state index contributed by atoms with van der Waals surface area (Å²) in [7, 11) is 0. The highest BCUT2D eigenvalue weighted by atomic mass is 32.1. The van der Waals surface area contributed by atoms with E-state index in [4.69, 9.17) is 5.73 Å². The van der Waals surface area contributed by atoms with Crippen LogP contribution in [0, 0.1) is 12.7 Å². The lowest BCUT2D eigenvalue weighted by Gasteiger charge is -2.09. The molecule has 0 aliphatic heterocycles. The van der Waals surface area contributed by atoms with Crippen LogP contribution in [0.2, 0.25) is 0 Å². The summed E-state index contributed by atoms with van der Waals surface area (Å²) >= 11 is 1.12. The standard InChI is InChI=1S/C10H10FN3S/c1-6-4-7(2-3-8(6)11)10(12)9-5-13-15-14-9/h2-5,10H,12H2,1H3. The van der Waals surface area contributed by atoms with Crippen molar-refractivity contribution >= 4 is 11.7 Å². The summed E-state index contributed by atoms with van der Waals surface area (Å²) < 4.78 is 21.0. The molecule has 0 radical (unpaired) electrons. The molecule has 3 nitrogen and oxygen atoms in total. The summed E-state index contributed by atoms with van der Waals surface area (Å²) in [6.45, 7) is 1.71. The predicted molar refractivity (Wildman–Crippen MR) is 57.1 cm³/mol. The zero-order chi connectivity index (χ0) is 10.8. The first-order valence-corrected chi connectivity index (χ1v) is 5.20. The lowest BCUT2D eigenvalue weighted by atomic mass is 10.0. The number of nitrogens with two attached hydrogens (primary N) is 1. The van der Waals surface area contributed by atoms with Crippen LogP contribution in [-0.4, -0.2) is 8.75 Å². The van der Waals surface area contributed by atoms with Crippen molar-refractivity contribution in [1.29, 1.82) is 0 Å². The van der Waals surface area contributed by atoms with Gasteiger partial charge < -0.3 is 5.73 Å². The van der Waals surface area contributed by atoms with Crippen LogP contribution in [0.4, 0.5) is 4.39 Å². The van der Waals surface area contributed by atoms with Crippen molar-refractivity contribution in [3.8, 4) is 0 Å². The van der Waals surface area contributed by atoms with Crippen molar-refractivity contribution in [2.24, 2.45) is 5.73 Å². The first-order valence-electron chi connectivity index (χ1n) is 4.47. The molecule has 1 heterocycles. The van der Waals surface area contributed by atoms with Crippen LogP contribution in [-0.2, 0) is 0 Å². The molecule has 0 aliphatic rings. The summed E-state index contributed by atoms with van der Waals surface area (Å²) in [5, 5.41) is 0. The van der Waals surface area contributed by atoms with Gasteiger partial charge in [0.25, 0.3) is 0 Å². The highest BCUT2D eigenvalue weighted by molar-refractivity contribution is 6.99. The van der Waals surface area contributed by atoms with Crippen LogP contribution in [0.25, 0.3) is 0 Å². The molecular formula is C10H10FN3S. The summed E-state index contributed by atoms with van der Waals surface area (Å²) in [6.07, 6.45) is 1.63. The third-order valence-corrected chi connectivity index (χ3v) is 2.73. The average Bonchev–Trinajstić information content (AvgIpc) is 2.74. The average molecular weight is 223 g/mol. The summed E-state index contributed by atoms with van der Waals surface area (Å²) in [5.74, 6) is -0.220. The first-order chi connectivity index (χ1) is 7.18. The Bertz CT molecular complexity index is 456. The van der Waals surface area contributed by atoms with Crippen molar-refractivity contribution in [1.82, 2.24) is 8.75 Å². The molecular weight excluding hydrogens is 213 g/mol. The van der Waals surface area contributed by atoms with E-state index in [2.05, 4.69) is 8.75 Å². The Balaban J connectivity index is 2.34. The number of nitrogens with zero attached hydrogens (tertiary/aromatic N) is 2. The summed E-state index contributed by atoms with van der Waals surface area (Å²) in [6, 6.07) is 4.50. The zero-order valence-corrected chi connectivity index (χ0v) is 8.96. The van der Waals surface area contributed by atoms with Gasteiger partial charge in [-0.1, -0.05) is 12.1 Å². The number of hydrogen-bond acceptors (Lipinski definition) is 4. The van der Waals surface area contributed by atoms with E-state index in [1.807, 2.05) is 0 Å². The SMILES string of the molecule is Cc1cc(C(N)c2cnsn2)ccc1F. The fourth-order valence-corrected chi connectivity index (χ4v) is 1.80. The minimum atomic E-state index is -0.331. The number of hydrogen-bond donors (Lipinski definition) is 1. The Morgan fingerprint density at radius 2 is 2.27 bits per heavy atom. The van der Waals surface area contributed by atoms with Gasteiger partial charge in [0.05, 0.1) is 29.7 Å². The van der Waals surface area contributed by atoms with Crippen LogP contribution in [0.15, 0.2) is 24.4 Å². The molecule has 0 amide bonds. The molecule has 2 aromatic rings. The van der Waals surface area contributed by atoms with Crippen molar-refractivity contribution < 1.29 is 4.39 Å². The number of rotatable bonds is 2. The number of aryl methyl sites for hydroxylation is 1. The molecule has 0 spiro atoms. The molecule has 0 aliphatic carbocycles. The zero-order valence-electron chi connectivity index (χ0n) is 8.14. The highest BCUT2D eigenvalue weighted by Crippen LogP contribution is 2.20. The highest BCUT2D eigenvalue weighted by Gasteiger charge is 2.12. The summed E-state index contributed by atoms with van der Waals surface area (Å²) in [5.41, 5.74) is 8.11. The molecule has 78 valence electrons. The van der Waals surface area contributed by atoms with Gasteiger partial charge >= 0.3 is 0 Å². The lowest BCUT2D eigenvalue weighted by molar-refractivity contribution is 0.616. The number of benzene rings is 1. The van der Waals surface area contributed by atoms with E-state index >= 15 is 0 Å². The topological polar surface area (TPSA) is 51.8 Å². The second-order valence-corrected chi connectivity index (χ2v) is 3.88. The minimum Gasteiger partial charge on any atom is -0.319 e. The van der Waals surface area contributed by atoms with Gasteiger partial charge in [-0.25, -0.2) is 4.39 Å².